The molecule has 1 fully saturated rings. The first-order valence-electron chi connectivity index (χ1n) is 11.0. The number of sulfonamides is 1. The predicted molar refractivity (Wildman–Crippen MR) is 130 cm³/mol. The second-order valence-corrected chi connectivity index (χ2v) is 10.5. The zero-order chi connectivity index (χ0) is 23.1. The van der Waals surface area contributed by atoms with Gasteiger partial charge in [0.2, 0.25) is 0 Å². The number of nitrogens with one attached hydrogen (secondary N) is 1. The smallest absolute Gasteiger partial charge is 0.264 e. The molecule has 1 N–H and O–H groups in total. The Labute approximate surface area is 195 Å². The molecule has 2 aromatic carbocycles. The van der Waals surface area contributed by atoms with E-state index in [0.29, 0.717) is 16.3 Å². The topological polar surface area (TPSA) is 78.8 Å². The number of hydrogen-bond donors (Lipinski definition) is 1. The van der Waals surface area contributed by atoms with Crippen molar-refractivity contribution < 1.29 is 13.2 Å². The minimum Gasteiger partial charge on any atom is -0.271 e. The Balaban J connectivity index is 1.88. The molecule has 0 spiro atoms. The lowest BCUT2D eigenvalue weighted by molar-refractivity contribution is -0.119. The van der Waals surface area contributed by atoms with Crippen molar-refractivity contribution in [1.82, 2.24) is 5.43 Å². The van der Waals surface area contributed by atoms with Crippen molar-refractivity contribution in [3.63, 3.8) is 0 Å². The van der Waals surface area contributed by atoms with E-state index in [2.05, 4.69) is 10.5 Å². The third kappa shape index (κ3) is 6.33. The number of hydrazone groups is 1. The number of halogens is 1. The van der Waals surface area contributed by atoms with E-state index >= 15 is 0 Å². The number of carbonyl (C=O) groups is 1. The van der Waals surface area contributed by atoms with Crippen LogP contribution in [0.5, 0.6) is 0 Å². The van der Waals surface area contributed by atoms with Crippen molar-refractivity contribution >= 4 is 38.9 Å². The molecule has 3 rings (SSSR count). The largest absolute Gasteiger partial charge is 0.271 e. The molecular weight excluding hydrogens is 446 g/mol. The number of nitrogens with zero attached hydrogens (tertiary/aromatic N) is 2. The fourth-order valence-corrected chi connectivity index (χ4v) is 5.36. The fourth-order valence-electron chi connectivity index (χ4n) is 3.72. The second kappa shape index (κ2) is 11.0. The highest BCUT2D eigenvalue weighted by Crippen LogP contribution is 2.29. The highest BCUT2D eigenvalue weighted by atomic mass is 35.5. The monoisotopic (exact) mass is 475 g/mol. The maximum Gasteiger partial charge on any atom is 0.264 e. The molecular formula is C24H30ClN3O3S. The average Bonchev–Trinajstić information content (AvgIpc) is 2.73. The molecule has 1 saturated carbocycles. The van der Waals surface area contributed by atoms with Gasteiger partial charge in [-0.05, 0) is 69.4 Å². The molecule has 0 heterocycles. The summed E-state index contributed by atoms with van der Waals surface area (Å²) in [7, 11) is -3.99. The molecule has 8 heteroatoms. The zero-order valence-electron chi connectivity index (χ0n) is 18.6. The van der Waals surface area contributed by atoms with Crippen LogP contribution in [-0.2, 0) is 14.8 Å². The Bertz CT molecular complexity index is 1070. The van der Waals surface area contributed by atoms with Crippen LogP contribution >= 0.6 is 11.6 Å². The van der Waals surface area contributed by atoms with Crippen LogP contribution in [0, 0.1) is 13.8 Å². The molecule has 0 unspecified atom stereocenters. The number of carbonyl (C=O) groups excluding carboxylic acids is 1. The predicted octanol–water partition coefficient (Wildman–Crippen LogP) is 5.37. The summed E-state index contributed by atoms with van der Waals surface area (Å²) in [6.45, 7) is 3.28. The van der Waals surface area contributed by atoms with E-state index in [1.807, 2.05) is 6.92 Å². The van der Waals surface area contributed by atoms with Gasteiger partial charge >= 0.3 is 0 Å². The Morgan fingerprint density at radius 1 is 1.00 bits per heavy atom. The molecule has 0 radical (unpaired) electrons. The van der Waals surface area contributed by atoms with Crippen LogP contribution in [0.15, 0.2) is 52.5 Å². The number of benzene rings is 2. The number of amides is 1. The van der Waals surface area contributed by atoms with Gasteiger partial charge in [0.05, 0.1) is 10.6 Å². The summed E-state index contributed by atoms with van der Waals surface area (Å²) < 4.78 is 28.1. The van der Waals surface area contributed by atoms with Crippen molar-refractivity contribution in [3.8, 4) is 0 Å². The highest BCUT2D eigenvalue weighted by Gasteiger charge is 2.28. The molecule has 0 saturated heterocycles. The van der Waals surface area contributed by atoms with Crippen LogP contribution in [0.2, 0.25) is 5.02 Å². The maximum absolute atomic E-state index is 13.5. The van der Waals surface area contributed by atoms with Gasteiger partial charge in [0.25, 0.3) is 15.9 Å². The summed E-state index contributed by atoms with van der Waals surface area (Å²) in [5.74, 6) is -0.491. The van der Waals surface area contributed by atoms with Gasteiger partial charge in [-0.15, -0.1) is 0 Å². The van der Waals surface area contributed by atoms with Gasteiger partial charge < -0.3 is 0 Å². The first-order chi connectivity index (χ1) is 15.3. The van der Waals surface area contributed by atoms with E-state index < -0.39 is 22.5 Å². The third-order valence-electron chi connectivity index (χ3n) is 5.61. The SMILES string of the molecule is Cc1ccc(S(=O)(=O)N(CC(=O)NN=C2CCCCCCC2)c2cc(Cl)ccc2C)cc1. The van der Waals surface area contributed by atoms with E-state index in [1.165, 1.54) is 19.3 Å². The summed E-state index contributed by atoms with van der Waals surface area (Å²) in [6.07, 6.45) is 7.42. The Hall–Kier alpha value is -2.38. The molecule has 2 aromatic rings. The average molecular weight is 476 g/mol. The Morgan fingerprint density at radius 2 is 1.62 bits per heavy atom. The summed E-state index contributed by atoms with van der Waals surface area (Å²) in [5.41, 5.74) is 5.55. The summed E-state index contributed by atoms with van der Waals surface area (Å²) in [5, 5.41) is 4.70. The molecule has 0 atom stereocenters. The van der Waals surface area contributed by atoms with Crippen molar-refractivity contribution in [3.05, 3.63) is 58.6 Å². The van der Waals surface area contributed by atoms with Crippen LogP contribution in [0.3, 0.4) is 0 Å². The fraction of sp³-hybridized carbons (Fsp3) is 0.417. The lowest BCUT2D eigenvalue weighted by Gasteiger charge is -2.25. The molecule has 1 amide bonds. The first-order valence-corrected chi connectivity index (χ1v) is 12.8. The van der Waals surface area contributed by atoms with Crippen molar-refractivity contribution in [2.24, 2.45) is 5.10 Å². The minimum absolute atomic E-state index is 0.113. The molecule has 32 heavy (non-hydrogen) atoms. The molecule has 1 aliphatic carbocycles. The van der Waals surface area contributed by atoms with Crippen molar-refractivity contribution in [1.29, 1.82) is 0 Å². The molecule has 1 aliphatic rings. The molecule has 6 nitrogen and oxygen atoms in total. The summed E-state index contributed by atoms with van der Waals surface area (Å²) in [6, 6.07) is 11.6. The molecule has 172 valence electrons. The van der Waals surface area contributed by atoms with Gasteiger partial charge in [-0.1, -0.05) is 54.6 Å². The molecule has 0 aliphatic heterocycles. The molecule has 0 aromatic heterocycles. The van der Waals surface area contributed by atoms with E-state index in [-0.39, 0.29) is 4.90 Å². The van der Waals surface area contributed by atoms with Crippen LogP contribution in [0.1, 0.15) is 56.1 Å². The van der Waals surface area contributed by atoms with Gasteiger partial charge in [-0.3, -0.25) is 9.10 Å². The van der Waals surface area contributed by atoms with Gasteiger partial charge in [0.1, 0.15) is 6.54 Å². The number of anilines is 1. The summed E-state index contributed by atoms with van der Waals surface area (Å²) in [4.78, 5) is 12.9. The van der Waals surface area contributed by atoms with E-state index in [9.17, 15) is 13.2 Å². The van der Waals surface area contributed by atoms with Gasteiger partial charge in [0.15, 0.2) is 0 Å². The van der Waals surface area contributed by atoms with Crippen LogP contribution < -0.4 is 9.73 Å². The van der Waals surface area contributed by atoms with E-state index in [0.717, 1.165) is 41.3 Å². The first kappa shape index (κ1) is 24.3. The van der Waals surface area contributed by atoms with Crippen molar-refractivity contribution in [2.45, 2.75) is 63.7 Å². The number of hydrogen-bond acceptors (Lipinski definition) is 4. The quantitative estimate of drug-likeness (QED) is 0.570. The second-order valence-electron chi connectivity index (χ2n) is 8.24. The zero-order valence-corrected chi connectivity index (χ0v) is 20.2. The van der Waals surface area contributed by atoms with Gasteiger partial charge in [-0.25, -0.2) is 13.8 Å². The lowest BCUT2D eigenvalue weighted by Crippen LogP contribution is -2.40. The van der Waals surface area contributed by atoms with Crippen LogP contribution in [0.25, 0.3) is 0 Å². The highest BCUT2D eigenvalue weighted by molar-refractivity contribution is 7.92. The van der Waals surface area contributed by atoms with Crippen molar-refractivity contribution in [2.75, 3.05) is 10.8 Å². The minimum atomic E-state index is -3.99. The van der Waals surface area contributed by atoms with Gasteiger partial charge in [-0.2, -0.15) is 5.10 Å². The van der Waals surface area contributed by atoms with E-state index in [4.69, 9.17) is 11.6 Å². The van der Waals surface area contributed by atoms with E-state index in [1.54, 1.807) is 49.4 Å². The van der Waals surface area contributed by atoms with Crippen LogP contribution in [-0.4, -0.2) is 26.6 Å². The van der Waals surface area contributed by atoms with Crippen LogP contribution in [0.4, 0.5) is 5.69 Å². The number of aryl methyl sites for hydroxylation is 2. The third-order valence-corrected chi connectivity index (χ3v) is 7.61. The van der Waals surface area contributed by atoms with Gasteiger partial charge in [0, 0.05) is 10.7 Å². The lowest BCUT2D eigenvalue weighted by atomic mass is 9.99. The summed E-state index contributed by atoms with van der Waals surface area (Å²) >= 11 is 6.16. The normalized spacial score (nSPS) is 14.9. The molecule has 0 bridgehead atoms. The Morgan fingerprint density at radius 3 is 2.28 bits per heavy atom. The maximum atomic E-state index is 13.5. The number of rotatable bonds is 6. The Kier molecular flexibility index (Phi) is 8.32. The standard InChI is InChI=1S/C24H30ClN3O3S/c1-18-10-14-22(15-11-18)32(30,31)28(23-16-20(25)13-12-19(23)2)17-24(29)27-26-21-8-6-4-3-5-7-9-21/h10-16H,3-9,17H2,1-2H3,(H,27,29).